The number of allylic oxidation sites excluding steroid dienone is 3. The lowest BCUT2D eigenvalue weighted by Crippen LogP contribution is -1.86. The molecule has 19 heavy (non-hydrogen) atoms. The van der Waals surface area contributed by atoms with E-state index in [2.05, 4.69) is 12.2 Å². The lowest BCUT2D eigenvalue weighted by molar-refractivity contribution is 0.449. The minimum atomic E-state index is -0.190. The van der Waals surface area contributed by atoms with Gasteiger partial charge in [-0.05, 0) is 25.3 Å². The molecule has 0 spiro atoms. The van der Waals surface area contributed by atoms with Crippen LogP contribution in [0.1, 0.15) is 25.0 Å². The Morgan fingerprint density at radius 1 is 1.11 bits per heavy atom. The van der Waals surface area contributed by atoms with Gasteiger partial charge in [-0.25, -0.2) is 0 Å². The molecule has 1 heterocycles. The van der Waals surface area contributed by atoms with Gasteiger partial charge in [0.25, 0.3) is 0 Å². The summed E-state index contributed by atoms with van der Waals surface area (Å²) >= 11 is 0. The molecule has 1 aromatic carbocycles. The van der Waals surface area contributed by atoms with Gasteiger partial charge in [0, 0.05) is 12.1 Å². The average Bonchev–Trinajstić information content (AvgIpc) is 2.67. The largest absolute Gasteiger partial charge is 0.508 e. The fourth-order valence-electron chi connectivity index (χ4n) is 2.33. The van der Waals surface area contributed by atoms with Crippen LogP contribution in [0.25, 0.3) is 17.0 Å². The molecule has 0 atom stereocenters. The van der Waals surface area contributed by atoms with Gasteiger partial charge >= 0.3 is 0 Å². The summed E-state index contributed by atoms with van der Waals surface area (Å²) in [5.41, 5.74) is 1.44. The van der Waals surface area contributed by atoms with Crippen molar-refractivity contribution in [3.63, 3.8) is 0 Å². The minimum absolute atomic E-state index is 0.0884. The van der Waals surface area contributed by atoms with E-state index in [4.69, 9.17) is 4.42 Å². The molecule has 4 heteroatoms. The summed E-state index contributed by atoms with van der Waals surface area (Å²) in [6, 6.07) is 2.55. The van der Waals surface area contributed by atoms with Gasteiger partial charge in [0.2, 0.25) is 0 Å². The smallest absolute Gasteiger partial charge is 0.173 e. The molecular weight excluding hydrogens is 244 g/mol. The Kier molecular flexibility index (Phi) is 2.71. The molecule has 0 aliphatic heterocycles. The van der Waals surface area contributed by atoms with E-state index in [9.17, 15) is 15.3 Å². The molecule has 98 valence electrons. The number of rotatable bonds is 1. The number of furan rings is 1. The van der Waals surface area contributed by atoms with E-state index in [0.717, 1.165) is 19.3 Å². The van der Waals surface area contributed by atoms with Crippen molar-refractivity contribution in [1.29, 1.82) is 0 Å². The second-order valence-electron chi connectivity index (χ2n) is 4.67. The van der Waals surface area contributed by atoms with E-state index in [1.807, 2.05) is 0 Å². The summed E-state index contributed by atoms with van der Waals surface area (Å²) < 4.78 is 5.49. The van der Waals surface area contributed by atoms with Crippen LogP contribution in [0.15, 0.2) is 34.3 Å². The Bertz CT molecular complexity index is 692. The van der Waals surface area contributed by atoms with Crippen LogP contribution < -0.4 is 0 Å². The summed E-state index contributed by atoms with van der Waals surface area (Å²) in [6.07, 6.45) is 8.77. The Balaban J connectivity index is 2.12. The first kappa shape index (κ1) is 11.7. The van der Waals surface area contributed by atoms with Crippen LogP contribution >= 0.6 is 0 Å². The molecule has 1 aliphatic carbocycles. The number of phenolic OH excluding ortho intramolecular Hbond substituents is 2. The van der Waals surface area contributed by atoms with Crippen LogP contribution in [-0.4, -0.2) is 15.3 Å². The van der Waals surface area contributed by atoms with Crippen molar-refractivity contribution in [2.45, 2.75) is 19.3 Å². The monoisotopic (exact) mass is 258 g/mol. The molecule has 4 nitrogen and oxygen atoms in total. The lowest BCUT2D eigenvalue weighted by Gasteiger charge is -2.06. The number of phenols is 2. The van der Waals surface area contributed by atoms with Crippen LogP contribution in [0.4, 0.5) is 0 Å². The first-order valence-electron chi connectivity index (χ1n) is 6.17. The minimum Gasteiger partial charge on any atom is -0.508 e. The number of hydrogen-bond acceptors (Lipinski definition) is 4. The highest BCUT2D eigenvalue weighted by atomic mass is 16.4. The van der Waals surface area contributed by atoms with E-state index in [1.54, 1.807) is 6.08 Å². The first-order valence-corrected chi connectivity index (χ1v) is 6.17. The van der Waals surface area contributed by atoms with Crippen molar-refractivity contribution < 1.29 is 19.7 Å². The van der Waals surface area contributed by atoms with Crippen molar-refractivity contribution >= 4 is 17.0 Å². The van der Waals surface area contributed by atoms with Gasteiger partial charge in [0.1, 0.15) is 22.5 Å². The quantitative estimate of drug-likeness (QED) is 0.682. The van der Waals surface area contributed by atoms with Gasteiger partial charge in [-0.2, -0.15) is 0 Å². The SMILES string of the molecule is Oc1cc(O)c2c(O)c(C=C3CC=CCC3)oc2c1. The third kappa shape index (κ3) is 2.05. The highest BCUT2D eigenvalue weighted by Crippen LogP contribution is 2.41. The molecule has 0 saturated carbocycles. The molecule has 0 radical (unpaired) electrons. The molecule has 0 bridgehead atoms. The van der Waals surface area contributed by atoms with E-state index in [-0.39, 0.29) is 28.2 Å². The van der Waals surface area contributed by atoms with Gasteiger partial charge in [0.15, 0.2) is 11.5 Å². The summed E-state index contributed by atoms with van der Waals surface area (Å²) in [6.45, 7) is 0. The van der Waals surface area contributed by atoms with Crippen molar-refractivity contribution in [2.24, 2.45) is 0 Å². The highest BCUT2D eigenvalue weighted by molar-refractivity contribution is 5.93. The zero-order valence-corrected chi connectivity index (χ0v) is 10.3. The Morgan fingerprint density at radius 2 is 1.95 bits per heavy atom. The number of hydrogen-bond donors (Lipinski definition) is 3. The summed E-state index contributed by atoms with van der Waals surface area (Å²) in [5, 5.41) is 29.5. The van der Waals surface area contributed by atoms with E-state index < -0.39 is 0 Å². The topological polar surface area (TPSA) is 73.8 Å². The van der Waals surface area contributed by atoms with Gasteiger partial charge in [-0.1, -0.05) is 17.7 Å². The number of benzene rings is 1. The van der Waals surface area contributed by atoms with Crippen molar-refractivity contribution in [3.8, 4) is 17.2 Å². The molecule has 3 rings (SSSR count). The van der Waals surface area contributed by atoms with Crippen LogP contribution in [0.5, 0.6) is 17.2 Å². The Hall–Kier alpha value is -2.36. The summed E-state index contributed by atoms with van der Waals surface area (Å²) in [4.78, 5) is 0. The van der Waals surface area contributed by atoms with E-state index >= 15 is 0 Å². The standard InChI is InChI=1S/C15H14O4/c16-10-7-11(17)14-12(8-10)19-13(15(14)18)6-9-4-2-1-3-5-9/h1-2,6-8,16-18H,3-5H2. The molecule has 1 aromatic heterocycles. The normalized spacial score (nSPS) is 17.4. The van der Waals surface area contributed by atoms with Crippen LogP contribution in [0, 0.1) is 0 Å². The van der Waals surface area contributed by atoms with Gasteiger partial charge in [-0.15, -0.1) is 0 Å². The lowest BCUT2D eigenvalue weighted by atomic mass is 10.0. The third-order valence-corrected chi connectivity index (χ3v) is 3.27. The van der Waals surface area contributed by atoms with Crippen molar-refractivity contribution in [2.75, 3.05) is 0 Å². The Morgan fingerprint density at radius 3 is 2.68 bits per heavy atom. The zero-order chi connectivity index (χ0) is 13.4. The molecule has 0 saturated heterocycles. The van der Waals surface area contributed by atoms with Crippen molar-refractivity contribution in [1.82, 2.24) is 0 Å². The van der Waals surface area contributed by atoms with E-state index in [0.29, 0.717) is 5.76 Å². The average molecular weight is 258 g/mol. The van der Waals surface area contributed by atoms with Crippen molar-refractivity contribution in [3.05, 3.63) is 35.6 Å². The van der Waals surface area contributed by atoms with Gasteiger partial charge in [0.05, 0.1) is 0 Å². The molecule has 0 fully saturated rings. The molecule has 0 amide bonds. The third-order valence-electron chi connectivity index (χ3n) is 3.27. The second kappa shape index (κ2) is 4.39. The fourth-order valence-corrected chi connectivity index (χ4v) is 2.33. The van der Waals surface area contributed by atoms with Crippen LogP contribution in [0.2, 0.25) is 0 Å². The maximum absolute atomic E-state index is 10.1. The maximum Gasteiger partial charge on any atom is 0.173 e. The Labute approximate surface area is 109 Å². The molecular formula is C15H14O4. The second-order valence-corrected chi connectivity index (χ2v) is 4.67. The predicted molar refractivity (Wildman–Crippen MR) is 72.2 cm³/mol. The van der Waals surface area contributed by atoms with Crippen LogP contribution in [-0.2, 0) is 0 Å². The number of fused-ring (bicyclic) bond motifs is 1. The first-order chi connectivity index (χ1) is 9.15. The summed E-state index contributed by atoms with van der Waals surface area (Å²) in [7, 11) is 0. The molecule has 2 aromatic rings. The molecule has 1 aliphatic rings. The fraction of sp³-hybridized carbons (Fsp3) is 0.200. The van der Waals surface area contributed by atoms with E-state index in [1.165, 1.54) is 17.7 Å². The predicted octanol–water partition coefficient (Wildman–Crippen LogP) is 3.67. The molecule has 3 N–H and O–H groups in total. The summed E-state index contributed by atoms with van der Waals surface area (Å²) in [5.74, 6) is -0.0567. The highest BCUT2D eigenvalue weighted by Gasteiger charge is 2.17. The van der Waals surface area contributed by atoms with Gasteiger partial charge in [-0.3, -0.25) is 0 Å². The maximum atomic E-state index is 10.1. The molecule has 0 unspecified atom stereocenters. The zero-order valence-electron chi connectivity index (χ0n) is 10.3. The van der Waals surface area contributed by atoms with Crippen LogP contribution in [0.3, 0.4) is 0 Å². The number of aromatic hydroxyl groups is 3. The van der Waals surface area contributed by atoms with Gasteiger partial charge < -0.3 is 19.7 Å².